The van der Waals surface area contributed by atoms with Crippen molar-refractivity contribution in [3.8, 4) is 0 Å². The highest BCUT2D eigenvalue weighted by atomic mass is 16.4. The van der Waals surface area contributed by atoms with Gasteiger partial charge in [0.05, 0.1) is 11.9 Å². The van der Waals surface area contributed by atoms with Gasteiger partial charge in [-0.1, -0.05) is 0 Å². The van der Waals surface area contributed by atoms with E-state index in [0.29, 0.717) is 19.5 Å². The van der Waals surface area contributed by atoms with Gasteiger partial charge < -0.3 is 15.3 Å². The molecule has 1 unspecified atom stereocenters. The Hall–Kier alpha value is -2.11. The number of aliphatic carboxylic acids is 1. The number of nitrogens with one attached hydrogen (secondary N) is 1. The number of amides is 2. The summed E-state index contributed by atoms with van der Waals surface area (Å²) in [4.78, 5) is 28.7. The van der Waals surface area contributed by atoms with Crippen LogP contribution in [-0.2, 0) is 4.79 Å². The fourth-order valence-corrected chi connectivity index (χ4v) is 2.60. The topological polar surface area (TPSA) is 82.5 Å². The van der Waals surface area contributed by atoms with Crippen LogP contribution in [0.15, 0.2) is 18.5 Å². The normalized spacial score (nSPS) is 18.3. The van der Waals surface area contributed by atoms with Gasteiger partial charge in [0, 0.05) is 25.7 Å². The van der Waals surface area contributed by atoms with Crippen molar-refractivity contribution in [1.29, 1.82) is 0 Å². The Kier molecular flexibility index (Phi) is 5.14. The Bertz CT molecular complexity index is 519. The Balaban J connectivity index is 1.90. The summed E-state index contributed by atoms with van der Waals surface area (Å²) in [5.74, 6) is -0.502. The van der Waals surface area contributed by atoms with Crippen molar-refractivity contribution in [2.24, 2.45) is 5.92 Å². The molecule has 1 fully saturated rings. The number of aryl methyl sites for hydroxylation is 1. The SMILES string of the molecule is Cc1ccncc1NC(=O)N1CCCC(CCC(=O)O)C1. The maximum absolute atomic E-state index is 12.3. The average Bonchev–Trinajstić information content (AvgIpc) is 2.48. The van der Waals surface area contributed by atoms with Crippen LogP contribution in [-0.4, -0.2) is 40.1 Å². The second-order valence-corrected chi connectivity index (χ2v) is 5.51. The van der Waals surface area contributed by atoms with E-state index in [0.717, 1.165) is 24.1 Å². The minimum absolute atomic E-state index is 0.133. The third kappa shape index (κ3) is 4.44. The fourth-order valence-electron chi connectivity index (χ4n) is 2.60. The molecule has 0 radical (unpaired) electrons. The van der Waals surface area contributed by atoms with Gasteiger partial charge in [-0.3, -0.25) is 9.78 Å². The van der Waals surface area contributed by atoms with Crippen LogP contribution in [0.3, 0.4) is 0 Å². The molecule has 0 aromatic carbocycles. The molecule has 2 N–H and O–H groups in total. The molecule has 1 aliphatic rings. The van der Waals surface area contributed by atoms with E-state index in [2.05, 4.69) is 10.3 Å². The van der Waals surface area contributed by atoms with Crippen LogP contribution in [0.1, 0.15) is 31.2 Å². The number of hydrogen-bond donors (Lipinski definition) is 2. The molecule has 0 aliphatic carbocycles. The van der Waals surface area contributed by atoms with E-state index in [-0.39, 0.29) is 18.4 Å². The highest BCUT2D eigenvalue weighted by Gasteiger charge is 2.24. The summed E-state index contributed by atoms with van der Waals surface area (Å²) >= 11 is 0. The van der Waals surface area contributed by atoms with Crippen LogP contribution in [0.4, 0.5) is 10.5 Å². The third-order valence-electron chi connectivity index (χ3n) is 3.85. The number of carbonyl (C=O) groups is 2. The fraction of sp³-hybridized carbons (Fsp3) is 0.533. The molecule has 2 rings (SSSR count). The quantitative estimate of drug-likeness (QED) is 0.893. The number of carboxylic acid groups (broad SMARTS) is 1. The van der Waals surface area contributed by atoms with Gasteiger partial charge in [-0.05, 0) is 43.7 Å². The van der Waals surface area contributed by atoms with Gasteiger partial charge in [-0.25, -0.2) is 4.79 Å². The van der Waals surface area contributed by atoms with E-state index < -0.39 is 5.97 Å². The van der Waals surface area contributed by atoms with Crippen LogP contribution >= 0.6 is 0 Å². The lowest BCUT2D eigenvalue weighted by Crippen LogP contribution is -2.42. The summed E-state index contributed by atoms with van der Waals surface area (Å²) in [5.41, 5.74) is 1.69. The largest absolute Gasteiger partial charge is 0.481 e. The number of urea groups is 1. The molecule has 1 aromatic rings. The average molecular weight is 291 g/mol. The van der Waals surface area contributed by atoms with Crippen LogP contribution in [0.2, 0.25) is 0 Å². The lowest BCUT2D eigenvalue weighted by Gasteiger charge is -2.32. The van der Waals surface area contributed by atoms with Crippen molar-refractivity contribution in [3.05, 3.63) is 24.0 Å². The minimum Gasteiger partial charge on any atom is -0.481 e. The van der Waals surface area contributed by atoms with Gasteiger partial charge in [0.2, 0.25) is 0 Å². The predicted octanol–water partition coefficient (Wildman–Crippen LogP) is 2.50. The van der Waals surface area contributed by atoms with Gasteiger partial charge >= 0.3 is 12.0 Å². The number of pyridine rings is 1. The Morgan fingerprint density at radius 3 is 3.05 bits per heavy atom. The maximum Gasteiger partial charge on any atom is 0.321 e. The second kappa shape index (κ2) is 7.06. The number of rotatable bonds is 4. The summed E-state index contributed by atoms with van der Waals surface area (Å²) in [6.45, 7) is 3.26. The van der Waals surface area contributed by atoms with Crippen LogP contribution in [0.25, 0.3) is 0 Å². The van der Waals surface area contributed by atoms with Crippen molar-refractivity contribution in [2.75, 3.05) is 18.4 Å². The van der Waals surface area contributed by atoms with E-state index in [1.165, 1.54) is 0 Å². The number of anilines is 1. The summed E-state index contributed by atoms with van der Waals surface area (Å²) in [6, 6.07) is 1.72. The molecule has 1 aliphatic heterocycles. The maximum atomic E-state index is 12.3. The van der Waals surface area contributed by atoms with Gasteiger partial charge in [-0.15, -0.1) is 0 Å². The molecule has 1 saturated heterocycles. The number of carbonyl (C=O) groups excluding carboxylic acids is 1. The first-order chi connectivity index (χ1) is 10.1. The predicted molar refractivity (Wildman–Crippen MR) is 79.2 cm³/mol. The number of nitrogens with zero attached hydrogens (tertiary/aromatic N) is 2. The summed E-state index contributed by atoms with van der Waals surface area (Å²) in [7, 11) is 0. The summed E-state index contributed by atoms with van der Waals surface area (Å²) < 4.78 is 0. The van der Waals surface area contributed by atoms with E-state index >= 15 is 0 Å². The Morgan fingerprint density at radius 2 is 2.33 bits per heavy atom. The third-order valence-corrected chi connectivity index (χ3v) is 3.85. The van der Waals surface area contributed by atoms with E-state index in [9.17, 15) is 9.59 Å². The molecule has 6 heteroatoms. The minimum atomic E-state index is -0.775. The number of likely N-dealkylation sites (tertiary alicyclic amines) is 1. The number of hydrogen-bond acceptors (Lipinski definition) is 3. The first-order valence-corrected chi connectivity index (χ1v) is 7.24. The highest BCUT2D eigenvalue weighted by molar-refractivity contribution is 5.90. The molecule has 1 aromatic heterocycles. The molecule has 0 saturated carbocycles. The monoisotopic (exact) mass is 291 g/mol. The van der Waals surface area contributed by atoms with Crippen molar-refractivity contribution < 1.29 is 14.7 Å². The lowest BCUT2D eigenvalue weighted by molar-refractivity contribution is -0.137. The smallest absolute Gasteiger partial charge is 0.321 e. The van der Waals surface area contributed by atoms with E-state index in [1.807, 2.05) is 13.0 Å². The molecule has 2 heterocycles. The molecule has 0 spiro atoms. The Labute approximate surface area is 124 Å². The zero-order chi connectivity index (χ0) is 15.2. The highest BCUT2D eigenvalue weighted by Crippen LogP contribution is 2.22. The molecule has 114 valence electrons. The second-order valence-electron chi connectivity index (χ2n) is 5.51. The van der Waals surface area contributed by atoms with Gasteiger partial charge in [-0.2, -0.15) is 0 Å². The zero-order valence-electron chi connectivity index (χ0n) is 12.2. The standard InChI is InChI=1S/C15H21N3O3/c1-11-6-7-16-9-13(11)17-15(21)18-8-2-3-12(10-18)4-5-14(19)20/h6-7,9,12H,2-5,8,10H2,1H3,(H,17,21)(H,19,20). The van der Waals surface area contributed by atoms with Crippen molar-refractivity contribution in [1.82, 2.24) is 9.88 Å². The van der Waals surface area contributed by atoms with Crippen LogP contribution in [0.5, 0.6) is 0 Å². The summed E-state index contributed by atoms with van der Waals surface area (Å²) in [6.07, 6.45) is 6.03. The Morgan fingerprint density at radius 1 is 1.52 bits per heavy atom. The number of carboxylic acids is 1. The molecule has 21 heavy (non-hydrogen) atoms. The van der Waals surface area contributed by atoms with Crippen molar-refractivity contribution >= 4 is 17.7 Å². The zero-order valence-corrected chi connectivity index (χ0v) is 12.2. The van der Waals surface area contributed by atoms with Crippen LogP contribution in [0, 0.1) is 12.8 Å². The molecular weight excluding hydrogens is 270 g/mol. The first kappa shape index (κ1) is 15.3. The van der Waals surface area contributed by atoms with Gasteiger partial charge in [0.1, 0.15) is 0 Å². The van der Waals surface area contributed by atoms with E-state index in [1.54, 1.807) is 17.3 Å². The number of aromatic nitrogens is 1. The molecular formula is C15H21N3O3. The van der Waals surface area contributed by atoms with Gasteiger partial charge in [0.15, 0.2) is 0 Å². The lowest BCUT2D eigenvalue weighted by atomic mass is 9.93. The van der Waals surface area contributed by atoms with Crippen LogP contribution < -0.4 is 5.32 Å². The van der Waals surface area contributed by atoms with Crippen molar-refractivity contribution in [2.45, 2.75) is 32.6 Å². The number of piperidine rings is 1. The molecule has 2 amide bonds. The van der Waals surface area contributed by atoms with Gasteiger partial charge in [0.25, 0.3) is 0 Å². The molecule has 1 atom stereocenters. The van der Waals surface area contributed by atoms with Crippen molar-refractivity contribution in [3.63, 3.8) is 0 Å². The first-order valence-electron chi connectivity index (χ1n) is 7.24. The summed E-state index contributed by atoms with van der Waals surface area (Å²) in [5, 5.41) is 11.6. The molecule has 0 bridgehead atoms. The van der Waals surface area contributed by atoms with E-state index in [4.69, 9.17) is 5.11 Å². The molecule has 6 nitrogen and oxygen atoms in total.